The molecular formula is C45H26Cl6N4O2. The van der Waals surface area contributed by atoms with Crippen LogP contribution in [0.3, 0.4) is 0 Å². The number of nitrogens with one attached hydrogen (secondary N) is 4. The molecule has 0 atom stereocenters. The van der Waals surface area contributed by atoms with Gasteiger partial charge in [-0.1, -0.05) is 99.9 Å². The second kappa shape index (κ2) is 14.9. The van der Waals surface area contributed by atoms with E-state index in [2.05, 4.69) is 19.9 Å². The number of rotatable bonds is 5. The fourth-order valence-corrected chi connectivity index (χ4v) is 9.20. The van der Waals surface area contributed by atoms with Gasteiger partial charge in [0, 0.05) is 83.2 Å². The van der Waals surface area contributed by atoms with Crippen molar-refractivity contribution in [1.29, 1.82) is 0 Å². The quantitative estimate of drug-likeness (QED) is 0.119. The van der Waals surface area contributed by atoms with E-state index in [1.54, 1.807) is 78.9 Å². The first kappa shape index (κ1) is 37.3. The van der Waals surface area contributed by atoms with Crippen molar-refractivity contribution in [3.05, 3.63) is 230 Å². The summed E-state index contributed by atoms with van der Waals surface area (Å²) in [4.78, 5) is 26.5. The highest BCUT2D eigenvalue weighted by Gasteiger charge is 2.23. The average Bonchev–Trinajstić information content (AvgIpc) is 4.03. The monoisotopic (exact) mass is 864 g/mol. The molecule has 4 aromatic carbocycles. The number of aromatic nitrogens is 4. The highest BCUT2D eigenvalue weighted by Crippen LogP contribution is 2.38. The summed E-state index contributed by atoms with van der Waals surface area (Å²) in [5.41, 5.74) is 8.55. The van der Waals surface area contributed by atoms with Crippen molar-refractivity contribution in [1.82, 2.24) is 19.9 Å². The predicted octanol–water partition coefficient (Wildman–Crippen LogP) is 9.92. The van der Waals surface area contributed by atoms with E-state index < -0.39 is 5.97 Å². The summed E-state index contributed by atoms with van der Waals surface area (Å²) in [6.07, 6.45) is 0. The van der Waals surface area contributed by atoms with Crippen molar-refractivity contribution in [3.8, 4) is 0 Å². The molecule has 0 unspecified atom stereocenters. The summed E-state index contributed by atoms with van der Waals surface area (Å²) in [5, 5.41) is 15.3. The number of hydrogen-bond donors (Lipinski definition) is 5. The van der Waals surface area contributed by atoms with Crippen molar-refractivity contribution >= 4 is 97.9 Å². The summed E-state index contributed by atoms with van der Waals surface area (Å²) in [6.45, 7) is 0. The van der Waals surface area contributed by atoms with Crippen LogP contribution in [0, 0.1) is 0 Å². The lowest BCUT2D eigenvalue weighted by atomic mass is 10.0. The molecule has 0 saturated heterocycles. The molecule has 5 N–H and O–H groups in total. The van der Waals surface area contributed by atoms with Gasteiger partial charge in [0.2, 0.25) is 0 Å². The van der Waals surface area contributed by atoms with Crippen LogP contribution in [0.4, 0.5) is 0 Å². The Morgan fingerprint density at radius 2 is 0.667 bits per heavy atom. The van der Waals surface area contributed by atoms with E-state index in [1.165, 1.54) is 0 Å². The molecule has 12 heteroatoms. The van der Waals surface area contributed by atoms with E-state index in [9.17, 15) is 9.90 Å². The molecule has 0 amide bonds. The van der Waals surface area contributed by atoms with Crippen LogP contribution in [-0.4, -0.2) is 31.0 Å². The van der Waals surface area contributed by atoms with Crippen LogP contribution in [-0.2, 0) is 0 Å². The third kappa shape index (κ3) is 6.62. The van der Waals surface area contributed by atoms with Crippen molar-refractivity contribution in [2.45, 2.75) is 0 Å². The molecule has 8 bridgehead atoms. The third-order valence-electron chi connectivity index (χ3n) is 9.96. The van der Waals surface area contributed by atoms with Gasteiger partial charge in [0.05, 0.1) is 35.7 Å². The molecule has 0 aliphatic carbocycles. The highest BCUT2D eigenvalue weighted by atomic mass is 35.5. The Hall–Kier alpha value is -5.31. The van der Waals surface area contributed by atoms with Crippen molar-refractivity contribution in [3.63, 3.8) is 0 Å². The first-order chi connectivity index (χ1) is 27.6. The van der Waals surface area contributed by atoms with Gasteiger partial charge in [0.1, 0.15) is 0 Å². The number of hydrogen-bond acceptors (Lipinski definition) is 1. The van der Waals surface area contributed by atoms with Gasteiger partial charge in [0.25, 0.3) is 0 Å². The van der Waals surface area contributed by atoms with Crippen LogP contribution in [0.15, 0.2) is 127 Å². The third-order valence-corrected chi connectivity index (χ3v) is 11.8. The van der Waals surface area contributed by atoms with E-state index in [1.807, 2.05) is 48.5 Å². The molecule has 9 rings (SSSR count). The van der Waals surface area contributed by atoms with Crippen molar-refractivity contribution in [2.24, 2.45) is 0 Å². The Kier molecular flexibility index (Phi) is 9.74. The summed E-state index contributed by atoms with van der Waals surface area (Å²) in [6, 6.07) is 38.7. The number of carboxylic acids is 1. The van der Waals surface area contributed by atoms with Crippen LogP contribution >= 0.6 is 69.6 Å². The van der Waals surface area contributed by atoms with E-state index in [-0.39, 0.29) is 5.56 Å². The van der Waals surface area contributed by atoms with E-state index in [0.29, 0.717) is 96.7 Å². The van der Waals surface area contributed by atoms with E-state index in [4.69, 9.17) is 69.6 Å². The molecule has 0 fully saturated rings. The maximum Gasteiger partial charge on any atom is 0.335 e. The minimum Gasteiger partial charge on any atom is -0.478 e. The number of aromatic amines is 4. The van der Waals surface area contributed by atoms with E-state index >= 15 is 0 Å². The van der Waals surface area contributed by atoms with Crippen LogP contribution in [0.2, 0.25) is 30.1 Å². The fraction of sp³-hybridized carbons (Fsp3) is 0. The first-order valence-corrected chi connectivity index (χ1v) is 19.8. The molecule has 0 radical (unpaired) electrons. The average molecular weight is 867 g/mol. The van der Waals surface area contributed by atoms with Gasteiger partial charge in [-0.05, 0) is 103 Å². The molecule has 1 aliphatic heterocycles. The largest absolute Gasteiger partial charge is 0.478 e. The lowest BCUT2D eigenvalue weighted by Gasteiger charge is -2.13. The second-order valence-electron chi connectivity index (χ2n) is 13.3. The van der Waals surface area contributed by atoms with Crippen molar-refractivity contribution in [2.75, 3.05) is 0 Å². The Balaban J connectivity index is 1.47. The SMILES string of the molecule is O=C(O)c1ccc(C2=c3ccc([nH]3)=C(c3c(Cl)cccc3Cl)c3ccc([nH]3)C(c3c(Cl)cccc3Cl)=c3ccc([nH]3)=C(c3c(Cl)cccc3Cl)c3ccc2[nH]3)cc1. The molecule has 4 aromatic heterocycles. The Morgan fingerprint density at radius 3 is 0.982 bits per heavy atom. The zero-order valence-corrected chi connectivity index (χ0v) is 33.8. The number of H-pyrrole nitrogens is 4. The molecule has 0 saturated carbocycles. The zero-order valence-electron chi connectivity index (χ0n) is 29.2. The molecule has 57 heavy (non-hydrogen) atoms. The Morgan fingerprint density at radius 1 is 0.368 bits per heavy atom. The van der Waals surface area contributed by atoms with Crippen LogP contribution in [0.25, 0.3) is 22.3 Å². The number of fused-ring (bicyclic) bond motifs is 8. The van der Waals surface area contributed by atoms with Crippen LogP contribution in [0.1, 0.15) is 55.4 Å². The van der Waals surface area contributed by atoms with E-state index in [0.717, 1.165) is 22.2 Å². The maximum absolute atomic E-state index is 11.9. The topological polar surface area (TPSA) is 100 Å². The highest BCUT2D eigenvalue weighted by molar-refractivity contribution is 6.39. The van der Waals surface area contributed by atoms with Crippen LogP contribution < -0.4 is 21.4 Å². The summed E-state index contributed by atoms with van der Waals surface area (Å²) in [7, 11) is 0. The number of aromatic carboxylic acids is 1. The van der Waals surface area contributed by atoms with Gasteiger partial charge >= 0.3 is 5.97 Å². The smallest absolute Gasteiger partial charge is 0.335 e. The molecule has 280 valence electrons. The summed E-state index contributed by atoms with van der Waals surface area (Å²) >= 11 is 41.7. The summed E-state index contributed by atoms with van der Waals surface area (Å²) in [5.74, 6) is -1.02. The lowest BCUT2D eigenvalue weighted by molar-refractivity contribution is 0.0697. The standard InChI is InChI=1S/C45H26Cl6N4O2/c46-24-4-1-5-25(47)39(24)42-32-16-14-30(52-32)38(22-10-12-23(13-11-22)45(56)57)31-15-17-33(53-31)43(40-26(48)6-2-7-27(40)49)35-19-21-37(55-35)44(36-20-18-34(42)54-36)41-28(50)8-3-9-29(41)51/h1-21,52-55H,(H,56,57). The Labute approximate surface area is 355 Å². The molecule has 6 nitrogen and oxygen atoms in total. The van der Waals surface area contributed by atoms with Crippen molar-refractivity contribution < 1.29 is 9.90 Å². The lowest BCUT2D eigenvalue weighted by Crippen LogP contribution is -2.19. The van der Waals surface area contributed by atoms with Gasteiger partial charge < -0.3 is 25.0 Å². The fourth-order valence-electron chi connectivity index (χ4n) is 7.44. The van der Waals surface area contributed by atoms with Gasteiger partial charge in [-0.15, -0.1) is 0 Å². The second-order valence-corrected chi connectivity index (χ2v) is 15.8. The minimum absolute atomic E-state index is 0.166. The number of benzene rings is 4. The minimum atomic E-state index is -1.02. The number of halogens is 6. The maximum atomic E-state index is 11.9. The van der Waals surface area contributed by atoms with Gasteiger partial charge in [-0.2, -0.15) is 0 Å². The predicted molar refractivity (Wildman–Crippen MR) is 231 cm³/mol. The molecule has 1 aliphatic rings. The molecular weight excluding hydrogens is 841 g/mol. The number of carbonyl (C=O) groups is 1. The van der Waals surface area contributed by atoms with Crippen LogP contribution in [0.5, 0.6) is 0 Å². The normalized spacial score (nSPS) is 12.7. The Bertz CT molecular complexity index is 3130. The molecule has 5 heterocycles. The van der Waals surface area contributed by atoms with Gasteiger partial charge in [-0.3, -0.25) is 0 Å². The number of carboxylic acid groups (broad SMARTS) is 1. The zero-order chi connectivity index (χ0) is 39.5. The first-order valence-electron chi connectivity index (χ1n) is 17.5. The molecule has 8 aromatic rings. The summed E-state index contributed by atoms with van der Waals surface area (Å²) < 4.78 is 0. The van der Waals surface area contributed by atoms with Gasteiger partial charge in [-0.25, -0.2) is 4.79 Å². The molecule has 0 spiro atoms. The van der Waals surface area contributed by atoms with Gasteiger partial charge in [0.15, 0.2) is 0 Å².